The van der Waals surface area contributed by atoms with Crippen molar-refractivity contribution in [2.45, 2.75) is 25.8 Å². The van der Waals surface area contributed by atoms with Gasteiger partial charge >= 0.3 is 0 Å². The summed E-state index contributed by atoms with van der Waals surface area (Å²) in [6.07, 6.45) is 0. The second-order valence-electron chi connectivity index (χ2n) is 4.93. The zero-order valence-electron chi connectivity index (χ0n) is 11.9. The average molecular weight is 327 g/mol. The Labute approximate surface area is 134 Å². The molecule has 0 saturated heterocycles. The Balaban J connectivity index is 0.00000220. The maximum atomic E-state index is 11.7. The van der Waals surface area contributed by atoms with Crippen LogP contribution >= 0.6 is 23.9 Å². The quantitative estimate of drug-likeness (QED) is 0.884. The average Bonchev–Trinajstić information content (AvgIpc) is 2.98. The largest absolute Gasteiger partial charge is 0.349 e. The van der Waals surface area contributed by atoms with Crippen LogP contribution in [0.25, 0.3) is 0 Å². The maximum absolute atomic E-state index is 11.7. The maximum Gasteiger partial charge on any atom is 0.272 e. The van der Waals surface area contributed by atoms with E-state index in [0.717, 1.165) is 17.1 Å². The Morgan fingerprint density at radius 3 is 2.43 bits per heavy atom. The van der Waals surface area contributed by atoms with Crippen LogP contribution in [-0.2, 0) is 0 Å². The second kappa shape index (κ2) is 8.07. The number of aromatic nitrogens is 2. The number of carbonyl (C=O) groups excluding carboxylic acids is 1. The predicted octanol–water partition coefficient (Wildman–Crippen LogP) is 2.51. The molecule has 0 aliphatic heterocycles. The van der Waals surface area contributed by atoms with E-state index < -0.39 is 0 Å². The van der Waals surface area contributed by atoms with Crippen LogP contribution in [0.5, 0.6) is 0 Å². The second-order valence-corrected chi connectivity index (χ2v) is 5.54. The molecule has 21 heavy (non-hydrogen) atoms. The third kappa shape index (κ3) is 4.77. The van der Waals surface area contributed by atoms with Gasteiger partial charge in [0.2, 0.25) is 0 Å². The van der Waals surface area contributed by atoms with Gasteiger partial charge in [0.05, 0.1) is 0 Å². The lowest BCUT2D eigenvalue weighted by Gasteiger charge is -2.14. The van der Waals surface area contributed by atoms with E-state index in [1.54, 1.807) is 5.38 Å². The lowest BCUT2D eigenvalue weighted by atomic mass is 9.99. The first-order valence-corrected chi connectivity index (χ1v) is 7.32. The van der Waals surface area contributed by atoms with Crippen molar-refractivity contribution in [3.63, 3.8) is 0 Å². The molecule has 1 atom stereocenters. The number of nitrogens with zero attached hydrogens (tertiary/aromatic N) is 2. The number of hydrogen-bond donors (Lipinski definition) is 2. The van der Waals surface area contributed by atoms with E-state index >= 15 is 0 Å². The molecule has 1 amide bonds. The van der Waals surface area contributed by atoms with Crippen LogP contribution in [0.1, 0.15) is 47.4 Å². The first kappa shape index (κ1) is 17.6. The third-order valence-electron chi connectivity index (χ3n) is 3.11. The van der Waals surface area contributed by atoms with E-state index in [1.807, 2.05) is 12.1 Å². The molecule has 0 bridgehead atoms. The van der Waals surface area contributed by atoms with Gasteiger partial charge in [-0.25, -0.2) is 0 Å². The predicted molar refractivity (Wildman–Crippen MR) is 86.9 cm³/mol. The highest BCUT2D eigenvalue weighted by Crippen LogP contribution is 2.17. The van der Waals surface area contributed by atoms with Crippen molar-refractivity contribution in [3.8, 4) is 0 Å². The molecule has 0 fully saturated rings. The molecule has 1 aromatic heterocycles. The Morgan fingerprint density at radius 2 is 1.90 bits per heavy atom. The molecule has 0 spiro atoms. The van der Waals surface area contributed by atoms with E-state index in [1.165, 1.54) is 5.56 Å². The van der Waals surface area contributed by atoms with Gasteiger partial charge in [0.15, 0.2) is 5.69 Å². The van der Waals surface area contributed by atoms with Gasteiger partial charge in [-0.3, -0.25) is 4.79 Å². The number of nitrogens with one attached hydrogen (secondary N) is 1. The number of hydrogen-bond acceptors (Lipinski definition) is 5. The fraction of sp³-hybridized carbons (Fsp3) is 0.357. The van der Waals surface area contributed by atoms with Crippen molar-refractivity contribution in [2.75, 3.05) is 6.54 Å². The van der Waals surface area contributed by atoms with Gasteiger partial charge in [-0.2, -0.15) is 0 Å². The highest BCUT2D eigenvalue weighted by atomic mass is 35.5. The summed E-state index contributed by atoms with van der Waals surface area (Å²) in [6.45, 7) is 4.67. The monoisotopic (exact) mass is 326 g/mol. The van der Waals surface area contributed by atoms with Crippen LogP contribution < -0.4 is 11.1 Å². The van der Waals surface area contributed by atoms with Crippen molar-refractivity contribution in [2.24, 2.45) is 5.73 Å². The van der Waals surface area contributed by atoms with Crippen LogP contribution in [0.4, 0.5) is 0 Å². The minimum Gasteiger partial charge on any atom is -0.349 e. The Morgan fingerprint density at radius 1 is 1.29 bits per heavy atom. The minimum atomic E-state index is -0.243. The summed E-state index contributed by atoms with van der Waals surface area (Å²) in [5, 5.41) is 8.08. The summed E-state index contributed by atoms with van der Waals surface area (Å²) in [7, 11) is 0. The first-order valence-electron chi connectivity index (χ1n) is 6.48. The zero-order valence-corrected chi connectivity index (χ0v) is 13.6. The molecular weight excluding hydrogens is 308 g/mol. The van der Waals surface area contributed by atoms with E-state index in [2.05, 4.69) is 40.9 Å². The van der Waals surface area contributed by atoms with Crippen LogP contribution in [0.2, 0.25) is 0 Å². The normalized spacial score (nSPS) is 11.8. The number of rotatable bonds is 5. The summed E-state index contributed by atoms with van der Waals surface area (Å²) in [5.74, 6) is 0.255. The van der Waals surface area contributed by atoms with Gasteiger partial charge in [-0.15, -0.1) is 17.5 Å². The molecule has 5 nitrogen and oxygen atoms in total. The highest BCUT2D eigenvalue weighted by Gasteiger charge is 2.12. The Hall–Kier alpha value is -1.50. The number of carbonyl (C=O) groups is 1. The van der Waals surface area contributed by atoms with Crippen molar-refractivity contribution in [3.05, 3.63) is 46.5 Å². The van der Waals surface area contributed by atoms with Crippen LogP contribution in [0.15, 0.2) is 29.6 Å². The molecular formula is C14H19ClN4OS. The molecule has 1 unspecified atom stereocenters. The van der Waals surface area contributed by atoms with Crippen molar-refractivity contribution < 1.29 is 4.79 Å². The summed E-state index contributed by atoms with van der Waals surface area (Å²) >= 11 is 1.15. The lowest BCUT2D eigenvalue weighted by Crippen LogP contribution is -2.32. The van der Waals surface area contributed by atoms with Crippen LogP contribution in [0, 0.1) is 0 Å². The summed E-state index contributed by atoms with van der Waals surface area (Å²) in [6, 6.07) is 7.94. The minimum absolute atomic E-state index is 0. The van der Waals surface area contributed by atoms with Gasteiger partial charge in [-0.05, 0) is 28.6 Å². The summed E-state index contributed by atoms with van der Waals surface area (Å²) < 4.78 is 3.65. The summed E-state index contributed by atoms with van der Waals surface area (Å²) in [5.41, 5.74) is 8.69. The fourth-order valence-electron chi connectivity index (χ4n) is 1.80. The number of halogens is 1. The topological polar surface area (TPSA) is 80.9 Å². The number of nitrogens with two attached hydrogens (primary N) is 1. The first-order chi connectivity index (χ1) is 9.58. The standard InChI is InChI=1S/C14H18N4OS.ClH/c1-9(2)10-3-5-11(6-4-10)12(15)7-16-14(19)13-8-20-18-17-13;/h3-6,8-9,12H,7,15H2,1-2H3,(H,16,19);1H. The van der Waals surface area contributed by atoms with Crippen LogP contribution in [0.3, 0.4) is 0 Å². The van der Waals surface area contributed by atoms with Gasteiger partial charge in [0.25, 0.3) is 5.91 Å². The van der Waals surface area contributed by atoms with E-state index in [9.17, 15) is 4.79 Å². The van der Waals surface area contributed by atoms with Gasteiger partial charge in [-0.1, -0.05) is 42.6 Å². The van der Waals surface area contributed by atoms with Crippen LogP contribution in [-0.4, -0.2) is 22.0 Å². The van der Waals surface area contributed by atoms with Crippen molar-refractivity contribution in [1.82, 2.24) is 14.9 Å². The molecule has 0 radical (unpaired) electrons. The van der Waals surface area contributed by atoms with E-state index in [-0.39, 0.29) is 24.4 Å². The molecule has 7 heteroatoms. The fourth-order valence-corrected chi connectivity index (χ4v) is 2.24. The van der Waals surface area contributed by atoms with Crippen molar-refractivity contribution >= 4 is 29.8 Å². The Bertz CT molecular complexity index is 557. The molecule has 2 aromatic rings. The Kier molecular flexibility index (Phi) is 6.74. The van der Waals surface area contributed by atoms with Crippen molar-refractivity contribution in [1.29, 1.82) is 0 Å². The number of amides is 1. The molecule has 114 valence electrons. The van der Waals surface area contributed by atoms with Gasteiger partial charge in [0.1, 0.15) is 0 Å². The highest BCUT2D eigenvalue weighted by molar-refractivity contribution is 7.03. The molecule has 1 heterocycles. The molecule has 0 aliphatic carbocycles. The molecule has 0 aliphatic rings. The summed E-state index contributed by atoms with van der Waals surface area (Å²) in [4.78, 5) is 11.7. The number of benzene rings is 1. The molecule has 3 N–H and O–H groups in total. The van der Waals surface area contributed by atoms with Gasteiger partial charge in [0, 0.05) is 18.0 Å². The van der Waals surface area contributed by atoms with Gasteiger partial charge < -0.3 is 11.1 Å². The molecule has 1 aromatic carbocycles. The smallest absolute Gasteiger partial charge is 0.272 e. The molecule has 2 rings (SSSR count). The van der Waals surface area contributed by atoms with E-state index in [0.29, 0.717) is 18.2 Å². The zero-order chi connectivity index (χ0) is 14.5. The third-order valence-corrected chi connectivity index (χ3v) is 3.61. The molecule has 0 saturated carbocycles. The van der Waals surface area contributed by atoms with E-state index in [4.69, 9.17) is 5.73 Å². The lowest BCUT2D eigenvalue weighted by molar-refractivity contribution is 0.0946. The SMILES string of the molecule is CC(C)c1ccc(C(N)CNC(=O)c2csnn2)cc1.Cl.